The number of aryl methyl sites for hydroxylation is 1. The lowest BCUT2D eigenvalue weighted by molar-refractivity contribution is 0.184. The third-order valence-electron chi connectivity index (χ3n) is 2.76. The van der Waals surface area contributed by atoms with Crippen LogP contribution in [0, 0.1) is 6.92 Å². The molecule has 1 aromatic rings. The van der Waals surface area contributed by atoms with E-state index >= 15 is 0 Å². The summed E-state index contributed by atoms with van der Waals surface area (Å²) in [5.41, 5.74) is 8.32. The topological polar surface area (TPSA) is 44.5 Å². The Morgan fingerprint density at radius 3 is 2.61 bits per heavy atom. The molecule has 0 aliphatic carbocycles. The van der Waals surface area contributed by atoms with E-state index in [0.717, 1.165) is 38.2 Å². The highest BCUT2D eigenvalue weighted by Crippen LogP contribution is 2.21. The third kappa shape index (κ3) is 5.52. The van der Waals surface area contributed by atoms with Gasteiger partial charge >= 0.3 is 0 Å². The smallest absolute Gasteiger partial charge is 0.122 e. The quantitative estimate of drug-likeness (QED) is 0.722. The Balaban J connectivity index is 2.52. The maximum Gasteiger partial charge on any atom is 0.122 e. The fraction of sp³-hybridized carbons (Fsp3) is 0.600. The van der Waals surface area contributed by atoms with Crippen LogP contribution in [0.1, 0.15) is 30.9 Å². The van der Waals surface area contributed by atoms with Crippen LogP contribution in [0.4, 0.5) is 0 Å². The van der Waals surface area contributed by atoms with E-state index in [4.69, 9.17) is 15.2 Å². The second kappa shape index (κ2) is 8.11. The van der Waals surface area contributed by atoms with Crippen LogP contribution in [0.15, 0.2) is 18.2 Å². The minimum absolute atomic E-state index is 0.155. The molecule has 3 heteroatoms. The fourth-order valence-corrected chi connectivity index (χ4v) is 1.89. The second-order valence-electron chi connectivity index (χ2n) is 4.84. The number of methoxy groups -OCH3 is 1. The highest BCUT2D eigenvalue weighted by Gasteiger charge is 2.06. The van der Waals surface area contributed by atoms with Crippen molar-refractivity contribution in [1.29, 1.82) is 0 Å². The number of ether oxygens (including phenoxy) is 2. The first-order valence-corrected chi connectivity index (χ1v) is 6.60. The van der Waals surface area contributed by atoms with Crippen LogP contribution in [0.25, 0.3) is 0 Å². The van der Waals surface area contributed by atoms with E-state index in [2.05, 4.69) is 19.1 Å². The Morgan fingerprint density at radius 1 is 1.22 bits per heavy atom. The van der Waals surface area contributed by atoms with Crippen molar-refractivity contribution >= 4 is 0 Å². The van der Waals surface area contributed by atoms with Crippen molar-refractivity contribution < 1.29 is 9.47 Å². The Bertz CT molecular complexity index is 350. The van der Waals surface area contributed by atoms with E-state index in [9.17, 15) is 0 Å². The van der Waals surface area contributed by atoms with Gasteiger partial charge in [-0.15, -0.1) is 0 Å². The summed E-state index contributed by atoms with van der Waals surface area (Å²) in [5, 5.41) is 0. The molecule has 0 aromatic heterocycles. The molecule has 0 saturated carbocycles. The van der Waals surface area contributed by atoms with Gasteiger partial charge in [0.05, 0.1) is 6.61 Å². The first-order valence-electron chi connectivity index (χ1n) is 6.60. The molecule has 2 N–H and O–H groups in total. The summed E-state index contributed by atoms with van der Waals surface area (Å²) in [6.07, 6.45) is 2.90. The van der Waals surface area contributed by atoms with Crippen LogP contribution < -0.4 is 10.5 Å². The van der Waals surface area contributed by atoms with Gasteiger partial charge in [-0.25, -0.2) is 0 Å². The Morgan fingerprint density at radius 2 is 1.94 bits per heavy atom. The minimum atomic E-state index is 0.155. The lowest BCUT2D eigenvalue weighted by atomic mass is 10.0. The number of unbranched alkanes of at least 4 members (excludes halogenated alkanes) is 1. The molecule has 1 atom stereocenters. The Labute approximate surface area is 110 Å². The highest BCUT2D eigenvalue weighted by molar-refractivity contribution is 5.37. The number of benzene rings is 1. The molecule has 3 nitrogen and oxygen atoms in total. The number of rotatable bonds is 8. The average Bonchev–Trinajstić information content (AvgIpc) is 2.30. The summed E-state index contributed by atoms with van der Waals surface area (Å²) >= 11 is 0. The SMILES string of the molecule is COCCCCOc1ccc(C)cc1CC(C)N. The van der Waals surface area contributed by atoms with Crippen molar-refractivity contribution in [2.75, 3.05) is 20.3 Å². The predicted molar refractivity (Wildman–Crippen MR) is 75.1 cm³/mol. The predicted octanol–water partition coefficient (Wildman–Crippen LogP) is 2.69. The maximum atomic E-state index is 5.87. The van der Waals surface area contributed by atoms with Crippen molar-refractivity contribution in [3.63, 3.8) is 0 Å². The van der Waals surface area contributed by atoms with Crippen LogP contribution in [0.5, 0.6) is 5.75 Å². The molecule has 0 aliphatic rings. The summed E-state index contributed by atoms with van der Waals surface area (Å²) in [5.74, 6) is 0.968. The van der Waals surface area contributed by atoms with Crippen molar-refractivity contribution in [2.24, 2.45) is 5.73 Å². The lowest BCUT2D eigenvalue weighted by Gasteiger charge is -2.14. The van der Waals surface area contributed by atoms with Crippen molar-refractivity contribution in [3.8, 4) is 5.75 Å². The molecule has 0 amide bonds. The molecule has 0 heterocycles. The lowest BCUT2D eigenvalue weighted by Crippen LogP contribution is -2.18. The van der Waals surface area contributed by atoms with Crippen LogP contribution in [-0.2, 0) is 11.2 Å². The zero-order valence-electron chi connectivity index (χ0n) is 11.7. The Kier molecular flexibility index (Phi) is 6.76. The molecule has 0 aliphatic heterocycles. The first-order chi connectivity index (χ1) is 8.63. The summed E-state index contributed by atoms with van der Waals surface area (Å²) in [6.45, 7) is 5.64. The second-order valence-corrected chi connectivity index (χ2v) is 4.84. The zero-order valence-corrected chi connectivity index (χ0v) is 11.7. The van der Waals surface area contributed by atoms with Gasteiger partial charge in [-0.2, -0.15) is 0 Å². The van der Waals surface area contributed by atoms with Gasteiger partial charge in [0.1, 0.15) is 5.75 Å². The molecule has 0 bridgehead atoms. The number of hydrogen-bond acceptors (Lipinski definition) is 3. The van der Waals surface area contributed by atoms with Gasteiger partial charge in [0.2, 0.25) is 0 Å². The van der Waals surface area contributed by atoms with Gasteiger partial charge < -0.3 is 15.2 Å². The molecular weight excluding hydrogens is 226 g/mol. The van der Waals surface area contributed by atoms with Gasteiger partial charge in [-0.05, 0) is 44.7 Å². The standard InChI is InChI=1S/C15H25NO2/c1-12-6-7-15(14(10-12)11-13(2)16)18-9-5-4-8-17-3/h6-7,10,13H,4-5,8-9,11,16H2,1-3H3. The maximum absolute atomic E-state index is 5.87. The van der Waals surface area contributed by atoms with Crippen molar-refractivity contribution in [2.45, 2.75) is 39.2 Å². The van der Waals surface area contributed by atoms with Crippen LogP contribution >= 0.6 is 0 Å². The molecule has 1 unspecified atom stereocenters. The first kappa shape index (κ1) is 15.0. The molecular formula is C15H25NO2. The van der Waals surface area contributed by atoms with Crippen LogP contribution in [0.3, 0.4) is 0 Å². The normalized spacial score (nSPS) is 12.4. The van der Waals surface area contributed by atoms with E-state index in [1.54, 1.807) is 7.11 Å². The van der Waals surface area contributed by atoms with Gasteiger partial charge in [0.15, 0.2) is 0 Å². The summed E-state index contributed by atoms with van der Waals surface area (Å²) in [6, 6.07) is 6.44. The molecule has 0 spiro atoms. The third-order valence-corrected chi connectivity index (χ3v) is 2.76. The monoisotopic (exact) mass is 251 g/mol. The average molecular weight is 251 g/mol. The van der Waals surface area contributed by atoms with Crippen molar-refractivity contribution in [1.82, 2.24) is 0 Å². The molecule has 0 fully saturated rings. The van der Waals surface area contributed by atoms with E-state index < -0.39 is 0 Å². The van der Waals surface area contributed by atoms with Gasteiger partial charge in [0.25, 0.3) is 0 Å². The number of nitrogens with two attached hydrogens (primary N) is 1. The van der Waals surface area contributed by atoms with Crippen molar-refractivity contribution in [3.05, 3.63) is 29.3 Å². The van der Waals surface area contributed by atoms with E-state index in [0.29, 0.717) is 0 Å². The van der Waals surface area contributed by atoms with Gasteiger partial charge in [-0.1, -0.05) is 17.7 Å². The highest BCUT2D eigenvalue weighted by atomic mass is 16.5. The zero-order chi connectivity index (χ0) is 13.4. The number of hydrogen-bond donors (Lipinski definition) is 1. The molecule has 0 radical (unpaired) electrons. The molecule has 1 rings (SSSR count). The summed E-state index contributed by atoms with van der Waals surface area (Å²) in [7, 11) is 1.72. The molecule has 18 heavy (non-hydrogen) atoms. The summed E-state index contributed by atoms with van der Waals surface area (Å²) < 4.78 is 10.8. The van der Waals surface area contributed by atoms with E-state index in [1.807, 2.05) is 13.0 Å². The van der Waals surface area contributed by atoms with Crippen LogP contribution in [-0.4, -0.2) is 26.4 Å². The summed E-state index contributed by atoms with van der Waals surface area (Å²) in [4.78, 5) is 0. The Hall–Kier alpha value is -1.06. The van der Waals surface area contributed by atoms with E-state index in [-0.39, 0.29) is 6.04 Å². The molecule has 102 valence electrons. The largest absolute Gasteiger partial charge is 0.493 e. The van der Waals surface area contributed by atoms with Gasteiger partial charge in [-0.3, -0.25) is 0 Å². The fourth-order valence-electron chi connectivity index (χ4n) is 1.89. The molecule has 0 saturated heterocycles. The van der Waals surface area contributed by atoms with E-state index in [1.165, 1.54) is 11.1 Å². The van der Waals surface area contributed by atoms with Crippen LogP contribution in [0.2, 0.25) is 0 Å². The minimum Gasteiger partial charge on any atom is -0.493 e. The van der Waals surface area contributed by atoms with Gasteiger partial charge in [0, 0.05) is 19.8 Å². The molecule has 1 aromatic carbocycles.